The summed E-state index contributed by atoms with van der Waals surface area (Å²) in [4.78, 5) is 40.7. The number of aliphatic hydroxyl groups is 5. The highest BCUT2D eigenvalue weighted by molar-refractivity contribution is 5.89. The highest BCUT2D eigenvalue weighted by Gasteiger charge is 2.52. The quantitative estimate of drug-likeness (QED) is 0.0335. The molecule has 2 aromatic heterocycles. The number of aromatic nitrogens is 4. The number of esters is 1. The summed E-state index contributed by atoms with van der Waals surface area (Å²) in [6.45, 7) is 4.20. The first-order valence-corrected chi connectivity index (χ1v) is 25.5. The molecule has 2 saturated carbocycles. The van der Waals surface area contributed by atoms with E-state index in [1.807, 2.05) is 36.7 Å². The summed E-state index contributed by atoms with van der Waals surface area (Å²) in [5.41, 5.74) is 8.67. The Bertz CT molecular complexity index is 2500. The number of amides is 1. The van der Waals surface area contributed by atoms with Crippen LogP contribution in [0.4, 0.5) is 5.69 Å². The van der Waals surface area contributed by atoms with Crippen molar-refractivity contribution in [2.75, 3.05) is 18.9 Å². The van der Waals surface area contributed by atoms with Gasteiger partial charge in [0.1, 0.15) is 24.9 Å². The fourth-order valence-electron chi connectivity index (χ4n) is 10.6. The number of aliphatic hydroxyl groups excluding tert-OH is 5. The van der Waals surface area contributed by atoms with Crippen LogP contribution in [0.2, 0.25) is 0 Å². The van der Waals surface area contributed by atoms with Gasteiger partial charge in [-0.1, -0.05) is 62.4 Å². The number of carboxylic acids is 1. The van der Waals surface area contributed by atoms with Crippen LogP contribution in [0.15, 0.2) is 78.5 Å². The molecule has 4 aliphatic rings. The van der Waals surface area contributed by atoms with E-state index < -0.39 is 109 Å². The second kappa shape index (κ2) is 24.6. The van der Waals surface area contributed by atoms with Crippen molar-refractivity contribution in [1.29, 1.82) is 0 Å². The van der Waals surface area contributed by atoms with Crippen LogP contribution in [0.1, 0.15) is 94.1 Å². The van der Waals surface area contributed by atoms with Gasteiger partial charge in [0, 0.05) is 54.5 Å². The van der Waals surface area contributed by atoms with E-state index in [9.17, 15) is 45.0 Å². The Morgan fingerprint density at radius 1 is 0.918 bits per heavy atom. The fraction of sp³-hybridized carbons (Fsp3) is 0.596. The van der Waals surface area contributed by atoms with E-state index in [2.05, 4.69) is 20.2 Å². The molecule has 0 bridgehead atoms. The molecule has 0 radical (unpaired) electrons. The zero-order valence-electron chi connectivity index (χ0n) is 41.3. The van der Waals surface area contributed by atoms with Crippen LogP contribution < -0.4 is 11.1 Å². The lowest BCUT2D eigenvalue weighted by atomic mass is 9.77. The summed E-state index contributed by atoms with van der Waals surface area (Å²) >= 11 is 0. The number of carbonyl (C=O) groups excluding carboxylic acids is 2. The number of carboxylic acid groups (broad SMARTS) is 1. The highest BCUT2D eigenvalue weighted by Crippen LogP contribution is 2.40. The first kappa shape index (κ1) is 53.6. The molecule has 13 atom stereocenters. The van der Waals surface area contributed by atoms with E-state index in [1.165, 1.54) is 19.1 Å². The summed E-state index contributed by atoms with van der Waals surface area (Å²) in [6.07, 6.45) is -5.09. The first-order chi connectivity index (χ1) is 35.2. The summed E-state index contributed by atoms with van der Waals surface area (Å²) in [6, 6.07) is 15.9. The second-order valence-corrected chi connectivity index (χ2v) is 20.0. The van der Waals surface area contributed by atoms with Gasteiger partial charge in [0.15, 0.2) is 36.1 Å². The minimum atomic E-state index is -1.70. The van der Waals surface area contributed by atoms with Gasteiger partial charge in [0.2, 0.25) is 12.2 Å². The largest absolute Gasteiger partial charge is 0.506 e. The van der Waals surface area contributed by atoms with Crippen molar-refractivity contribution < 1.29 is 73.4 Å². The van der Waals surface area contributed by atoms with E-state index in [4.69, 9.17) is 34.2 Å². The van der Waals surface area contributed by atoms with Crippen molar-refractivity contribution in [3.05, 3.63) is 89.8 Å². The van der Waals surface area contributed by atoms with Crippen LogP contribution in [0, 0.1) is 17.8 Å². The number of nitrogens with one attached hydrogen (secondary N) is 1. The number of fused-ring (bicyclic) bond motifs is 1. The minimum Gasteiger partial charge on any atom is -0.506 e. The van der Waals surface area contributed by atoms with Gasteiger partial charge in [0.25, 0.3) is 0 Å². The Hall–Kier alpha value is -5.65. The SMILES string of the molecule is CC1CC(C(=O)NCCCc2cn(CCCn3ccc4cc(N)ccc43)nn2)C[C@@H](O[C@@H]2OC(CO)=C(O)C(O[C@@H](CC3CCCCC3)C(=O)O)C2OC(=O)c2ccccc2)C1O[C@@H]1OC(C)[C@@H](O)C(O)C1O. The van der Waals surface area contributed by atoms with Gasteiger partial charge >= 0.3 is 11.9 Å². The molecule has 4 aromatic rings. The van der Waals surface area contributed by atoms with Crippen LogP contribution >= 0.6 is 0 Å². The summed E-state index contributed by atoms with van der Waals surface area (Å²) < 4.78 is 41.2. The summed E-state index contributed by atoms with van der Waals surface area (Å²) in [5.74, 6) is -4.76. The third-order valence-corrected chi connectivity index (χ3v) is 14.6. The number of nitrogens with zero attached hydrogens (tertiary/aromatic N) is 4. The Morgan fingerprint density at radius 2 is 1.70 bits per heavy atom. The van der Waals surface area contributed by atoms with Gasteiger partial charge in [-0.25, -0.2) is 9.59 Å². The Labute approximate surface area is 423 Å². The lowest BCUT2D eigenvalue weighted by molar-refractivity contribution is -0.330. The molecule has 9 N–H and O–H groups in total. The van der Waals surface area contributed by atoms with Crippen LogP contribution in [0.3, 0.4) is 0 Å². The molecular weight excluding hydrogens is 949 g/mol. The van der Waals surface area contributed by atoms with Gasteiger partial charge < -0.3 is 74.7 Å². The molecule has 8 rings (SSSR count). The third-order valence-electron chi connectivity index (χ3n) is 14.6. The zero-order chi connectivity index (χ0) is 51.8. The maximum Gasteiger partial charge on any atom is 0.338 e. The molecule has 3 fully saturated rings. The molecule has 1 saturated heterocycles. The number of aryl methyl sites for hydroxylation is 3. The number of anilines is 1. The number of carbonyl (C=O) groups is 3. The fourth-order valence-corrected chi connectivity index (χ4v) is 10.6. The number of nitrogens with two attached hydrogens (primary N) is 1. The van der Waals surface area contributed by atoms with Crippen molar-refractivity contribution in [2.45, 2.75) is 165 Å². The number of aliphatic carboxylic acids is 1. The molecule has 2 aromatic carbocycles. The highest BCUT2D eigenvalue weighted by atomic mass is 16.7. The topological polar surface area (TPSA) is 302 Å². The lowest BCUT2D eigenvalue weighted by Crippen LogP contribution is -2.60. The summed E-state index contributed by atoms with van der Waals surface area (Å²) in [5, 5.41) is 77.5. The van der Waals surface area contributed by atoms with E-state index in [-0.39, 0.29) is 36.7 Å². The molecule has 21 heteroatoms. The lowest BCUT2D eigenvalue weighted by Gasteiger charge is -2.46. The van der Waals surface area contributed by atoms with Crippen LogP contribution in [0.25, 0.3) is 10.9 Å². The Balaban J connectivity index is 0.972. The van der Waals surface area contributed by atoms with E-state index in [0.29, 0.717) is 25.9 Å². The van der Waals surface area contributed by atoms with E-state index >= 15 is 0 Å². The smallest absolute Gasteiger partial charge is 0.338 e. The van der Waals surface area contributed by atoms with Crippen LogP contribution in [-0.4, -0.2) is 149 Å². The van der Waals surface area contributed by atoms with Gasteiger partial charge in [-0.3, -0.25) is 9.48 Å². The molecule has 398 valence electrons. The molecule has 73 heavy (non-hydrogen) atoms. The number of benzene rings is 2. The van der Waals surface area contributed by atoms with Gasteiger partial charge in [-0.2, -0.15) is 0 Å². The number of nitrogen functional groups attached to an aromatic ring is 1. The monoisotopic (exact) mass is 1020 g/mol. The van der Waals surface area contributed by atoms with Crippen LogP contribution in [-0.2, 0) is 57.5 Å². The standard InChI is InChI=1S/C52H70N6O15/c1-29-23-34(48(64)54-19-9-15-36-27-58(56-55-36)21-10-20-57-22-18-33-25-35(53)16-17-37(33)57)26-38(45(29)73-51-44(63)43(62)41(60)30(2)68-51)70-52-47(72-50(67)32-13-7-4-8-14-32)46(42(61)40(28-59)71-52)69-39(49(65)66)24-31-11-5-3-6-12-31/h4,7-8,13-14,16-18,22,25,27,29-31,34,38-39,41,43-47,51-52,59-63H,3,5-6,9-12,15,19-21,23-24,26,28,53H2,1-2H3,(H,54,64)(H,65,66)/t29?,30?,34?,38-,39+,41-,43?,44?,45?,46?,47?,51+,52-/m1/s1. The molecule has 4 heterocycles. The minimum absolute atomic E-state index is 0.0232. The average molecular weight is 1020 g/mol. The molecule has 1 amide bonds. The number of rotatable bonds is 21. The molecule has 8 unspecified atom stereocenters. The van der Waals surface area contributed by atoms with Crippen molar-refractivity contribution >= 4 is 34.4 Å². The predicted octanol–water partition coefficient (Wildman–Crippen LogP) is 3.75. The Morgan fingerprint density at radius 3 is 2.45 bits per heavy atom. The van der Waals surface area contributed by atoms with Crippen molar-refractivity contribution in [2.24, 2.45) is 17.8 Å². The molecule has 2 aliphatic carbocycles. The van der Waals surface area contributed by atoms with Gasteiger partial charge in [-0.05, 0) is 93.7 Å². The average Bonchev–Trinajstić information content (AvgIpc) is 4.02. The summed E-state index contributed by atoms with van der Waals surface area (Å²) in [7, 11) is 0. The van der Waals surface area contributed by atoms with Gasteiger partial charge in [0.05, 0.1) is 29.6 Å². The third kappa shape index (κ3) is 13.2. The molecule has 0 spiro atoms. The number of ether oxygens (including phenoxy) is 6. The van der Waals surface area contributed by atoms with Crippen molar-refractivity contribution in [1.82, 2.24) is 24.9 Å². The van der Waals surface area contributed by atoms with Crippen molar-refractivity contribution in [3.63, 3.8) is 0 Å². The van der Waals surface area contributed by atoms with E-state index in [1.54, 1.807) is 29.8 Å². The van der Waals surface area contributed by atoms with Gasteiger partial charge in [-0.15, -0.1) is 5.10 Å². The zero-order valence-corrected chi connectivity index (χ0v) is 41.3. The maximum atomic E-state index is 14.1. The van der Waals surface area contributed by atoms with Crippen LogP contribution in [0.5, 0.6) is 0 Å². The van der Waals surface area contributed by atoms with Crippen molar-refractivity contribution in [3.8, 4) is 0 Å². The first-order valence-electron chi connectivity index (χ1n) is 25.5. The maximum absolute atomic E-state index is 14.1. The molecule has 21 nitrogen and oxygen atoms in total. The number of hydrogen-bond donors (Lipinski definition) is 8. The Kier molecular flexibility index (Phi) is 18.1. The normalized spacial score (nSPS) is 29.4. The molecular formula is C52H70N6O15. The van der Waals surface area contributed by atoms with E-state index in [0.717, 1.165) is 67.4 Å². The molecule has 2 aliphatic heterocycles. The second-order valence-electron chi connectivity index (χ2n) is 20.0. The predicted molar refractivity (Wildman–Crippen MR) is 261 cm³/mol. The number of hydrogen-bond acceptors (Lipinski definition) is 17.